The van der Waals surface area contributed by atoms with Crippen LogP contribution >= 0.6 is 35.1 Å². The molecule has 1 aliphatic rings. The lowest BCUT2D eigenvalue weighted by Crippen LogP contribution is -2.47. The molecular weight excluding hydrogens is 366 g/mol. The number of likely N-dealkylation sites (tertiary alicyclic amines) is 1. The van der Waals surface area contributed by atoms with Gasteiger partial charge in [0.2, 0.25) is 0 Å². The molecule has 1 aromatic heterocycles. The van der Waals surface area contributed by atoms with Crippen molar-refractivity contribution < 1.29 is 9.53 Å². The average Bonchev–Trinajstić information content (AvgIpc) is 2.51. The van der Waals surface area contributed by atoms with E-state index < -0.39 is 5.60 Å². The molecular formula is C16H24ClN3O2S2. The Bertz CT molecular complexity index is 581. The van der Waals surface area contributed by atoms with Gasteiger partial charge in [-0.25, -0.2) is 14.8 Å². The summed E-state index contributed by atoms with van der Waals surface area (Å²) in [5, 5.41) is 1.95. The van der Waals surface area contributed by atoms with Gasteiger partial charge in [0, 0.05) is 24.4 Å². The van der Waals surface area contributed by atoms with Crippen molar-refractivity contribution in [2.24, 2.45) is 0 Å². The first-order chi connectivity index (χ1) is 11.3. The topological polar surface area (TPSA) is 55.3 Å². The lowest BCUT2D eigenvalue weighted by atomic mass is 10.0. The molecule has 0 aliphatic carbocycles. The number of thioether (sulfide) groups is 2. The maximum Gasteiger partial charge on any atom is 0.410 e. The molecule has 1 aromatic rings. The molecule has 2 rings (SSSR count). The van der Waals surface area contributed by atoms with Gasteiger partial charge >= 0.3 is 6.09 Å². The minimum atomic E-state index is -0.473. The van der Waals surface area contributed by atoms with Crippen LogP contribution in [0.3, 0.4) is 0 Å². The monoisotopic (exact) mass is 389 g/mol. The fraction of sp³-hybridized carbons (Fsp3) is 0.688. The Hall–Kier alpha value is -0.660. The average molecular weight is 390 g/mol. The van der Waals surface area contributed by atoms with E-state index in [0.29, 0.717) is 10.3 Å². The minimum absolute atomic E-state index is 0.157. The molecule has 5 nitrogen and oxygen atoms in total. The second-order valence-corrected chi connectivity index (χ2v) is 8.85. The molecule has 1 saturated heterocycles. The maximum absolute atomic E-state index is 12.4. The van der Waals surface area contributed by atoms with E-state index in [1.165, 1.54) is 11.8 Å². The van der Waals surface area contributed by atoms with Crippen molar-refractivity contribution >= 4 is 41.2 Å². The van der Waals surface area contributed by atoms with E-state index in [9.17, 15) is 4.79 Å². The second-order valence-electron chi connectivity index (χ2n) is 6.65. The van der Waals surface area contributed by atoms with Crippen molar-refractivity contribution in [1.29, 1.82) is 0 Å². The number of nitrogens with zero attached hydrogens (tertiary/aromatic N) is 3. The number of amides is 1. The number of piperidine rings is 1. The fourth-order valence-corrected chi connectivity index (χ4v) is 4.25. The van der Waals surface area contributed by atoms with Crippen LogP contribution < -0.4 is 0 Å². The molecule has 1 fully saturated rings. The fourth-order valence-electron chi connectivity index (χ4n) is 2.46. The van der Waals surface area contributed by atoms with E-state index in [1.54, 1.807) is 17.8 Å². The van der Waals surface area contributed by atoms with Crippen LogP contribution in [0.1, 0.15) is 40.0 Å². The zero-order valence-electron chi connectivity index (χ0n) is 14.5. The molecule has 0 unspecified atom stereocenters. The number of carbonyl (C=O) groups is 1. The normalized spacial score (nSPS) is 18.5. The highest BCUT2D eigenvalue weighted by Crippen LogP contribution is 2.27. The van der Waals surface area contributed by atoms with Gasteiger partial charge in [-0.1, -0.05) is 23.4 Å². The molecule has 0 aromatic carbocycles. The van der Waals surface area contributed by atoms with Crippen LogP contribution in [0.2, 0.25) is 5.15 Å². The highest BCUT2D eigenvalue weighted by atomic mass is 35.5. The van der Waals surface area contributed by atoms with Crippen LogP contribution in [0.4, 0.5) is 4.79 Å². The molecule has 0 spiro atoms. The molecule has 1 atom stereocenters. The van der Waals surface area contributed by atoms with E-state index in [2.05, 4.69) is 9.97 Å². The van der Waals surface area contributed by atoms with E-state index in [4.69, 9.17) is 16.3 Å². The SMILES string of the molecule is CSc1nc(Cl)cc(SC[C@H]2CCCCN2C(=O)OC(C)(C)C)n1. The number of hydrogen-bond donors (Lipinski definition) is 0. The molecule has 0 saturated carbocycles. The smallest absolute Gasteiger partial charge is 0.410 e. The first-order valence-electron chi connectivity index (χ1n) is 7.99. The van der Waals surface area contributed by atoms with E-state index in [1.807, 2.05) is 31.9 Å². The zero-order valence-corrected chi connectivity index (χ0v) is 16.9. The Labute approximate surface area is 157 Å². The van der Waals surface area contributed by atoms with Crippen LogP contribution in [0, 0.1) is 0 Å². The number of carbonyl (C=O) groups excluding carboxylic acids is 1. The van der Waals surface area contributed by atoms with Gasteiger partial charge in [0.05, 0.1) is 0 Å². The second kappa shape index (κ2) is 8.63. The third-order valence-corrected chi connectivity index (χ3v) is 5.31. The van der Waals surface area contributed by atoms with Crippen LogP contribution in [-0.2, 0) is 4.74 Å². The molecule has 1 aliphatic heterocycles. The Morgan fingerprint density at radius 3 is 2.83 bits per heavy atom. The van der Waals surface area contributed by atoms with Crippen molar-refractivity contribution in [3.8, 4) is 0 Å². The minimum Gasteiger partial charge on any atom is -0.444 e. The summed E-state index contributed by atoms with van der Waals surface area (Å²) >= 11 is 9.12. The highest BCUT2D eigenvalue weighted by Gasteiger charge is 2.30. The van der Waals surface area contributed by atoms with Gasteiger partial charge in [-0.15, -0.1) is 11.8 Å². The Kier molecular flexibility index (Phi) is 7.07. The molecule has 8 heteroatoms. The van der Waals surface area contributed by atoms with Crippen LogP contribution in [0.25, 0.3) is 0 Å². The summed E-state index contributed by atoms with van der Waals surface area (Å²) < 4.78 is 5.54. The number of halogens is 1. The largest absolute Gasteiger partial charge is 0.444 e. The Morgan fingerprint density at radius 1 is 1.42 bits per heavy atom. The van der Waals surface area contributed by atoms with Crippen LogP contribution in [0.15, 0.2) is 16.2 Å². The van der Waals surface area contributed by atoms with E-state index in [0.717, 1.165) is 36.6 Å². The first kappa shape index (κ1) is 19.7. The lowest BCUT2D eigenvalue weighted by Gasteiger charge is -2.36. The summed E-state index contributed by atoms with van der Waals surface area (Å²) in [4.78, 5) is 22.9. The summed E-state index contributed by atoms with van der Waals surface area (Å²) in [5.74, 6) is 0.778. The first-order valence-corrected chi connectivity index (χ1v) is 10.6. The maximum atomic E-state index is 12.4. The van der Waals surface area contributed by atoms with E-state index >= 15 is 0 Å². The van der Waals surface area contributed by atoms with Crippen molar-refractivity contribution in [3.63, 3.8) is 0 Å². The van der Waals surface area contributed by atoms with Gasteiger partial charge in [0.25, 0.3) is 0 Å². The molecule has 2 heterocycles. The van der Waals surface area contributed by atoms with Gasteiger partial charge in [0.1, 0.15) is 15.8 Å². The van der Waals surface area contributed by atoms with Crippen molar-refractivity contribution in [3.05, 3.63) is 11.2 Å². The Morgan fingerprint density at radius 2 is 2.17 bits per heavy atom. The number of hydrogen-bond acceptors (Lipinski definition) is 6. The van der Waals surface area contributed by atoms with Crippen molar-refractivity contribution in [2.45, 2.75) is 61.9 Å². The van der Waals surface area contributed by atoms with Crippen LogP contribution in [-0.4, -0.2) is 51.2 Å². The number of aromatic nitrogens is 2. The molecule has 1 amide bonds. The van der Waals surface area contributed by atoms with Gasteiger partial charge in [-0.05, 0) is 46.3 Å². The molecule has 24 heavy (non-hydrogen) atoms. The van der Waals surface area contributed by atoms with Gasteiger partial charge in [-0.2, -0.15) is 0 Å². The summed E-state index contributed by atoms with van der Waals surface area (Å²) in [7, 11) is 0. The summed E-state index contributed by atoms with van der Waals surface area (Å²) in [5.41, 5.74) is -0.473. The molecule has 0 bridgehead atoms. The zero-order chi connectivity index (χ0) is 17.7. The quantitative estimate of drug-likeness (QED) is 0.421. The summed E-state index contributed by atoms with van der Waals surface area (Å²) in [6.45, 7) is 6.43. The Balaban J connectivity index is 2.01. The van der Waals surface area contributed by atoms with Gasteiger partial charge in [-0.3, -0.25) is 0 Å². The van der Waals surface area contributed by atoms with Gasteiger partial charge in [0.15, 0.2) is 5.16 Å². The number of rotatable bonds is 4. The van der Waals surface area contributed by atoms with Crippen molar-refractivity contribution in [1.82, 2.24) is 14.9 Å². The molecule has 134 valence electrons. The van der Waals surface area contributed by atoms with Gasteiger partial charge < -0.3 is 9.64 Å². The summed E-state index contributed by atoms with van der Waals surface area (Å²) in [6.07, 6.45) is 4.84. The van der Waals surface area contributed by atoms with Crippen molar-refractivity contribution in [2.75, 3.05) is 18.6 Å². The molecule has 0 N–H and O–H groups in total. The van der Waals surface area contributed by atoms with Crippen LogP contribution in [0.5, 0.6) is 0 Å². The third-order valence-electron chi connectivity index (χ3n) is 3.51. The predicted octanol–water partition coefficient (Wildman–Crippen LogP) is 4.73. The standard InChI is InChI=1S/C16H24ClN3O2S2/c1-16(2,3)22-15(21)20-8-6-5-7-11(20)10-24-13-9-12(17)18-14(19-13)23-4/h9,11H,5-8,10H2,1-4H3/t11-/m1/s1. The molecule has 0 radical (unpaired) electrons. The third kappa shape index (κ3) is 6.01. The predicted molar refractivity (Wildman–Crippen MR) is 100 cm³/mol. The lowest BCUT2D eigenvalue weighted by molar-refractivity contribution is 0.0126. The highest BCUT2D eigenvalue weighted by molar-refractivity contribution is 7.99. The summed E-state index contributed by atoms with van der Waals surface area (Å²) in [6, 6.07) is 1.93. The van der Waals surface area contributed by atoms with E-state index in [-0.39, 0.29) is 12.1 Å². The number of ether oxygens (including phenoxy) is 1.